The molecule has 0 bridgehead atoms. The molecule has 5 nitrogen and oxygen atoms in total. The van der Waals surface area contributed by atoms with Gasteiger partial charge >= 0.3 is 0 Å². The van der Waals surface area contributed by atoms with Gasteiger partial charge in [0.1, 0.15) is 11.5 Å². The molecular formula is C11H7FN2O3S. The fourth-order valence-corrected chi connectivity index (χ4v) is 2.26. The van der Waals surface area contributed by atoms with Gasteiger partial charge in [0.25, 0.3) is 5.69 Å². The minimum absolute atomic E-state index is 0.0280. The van der Waals surface area contributed by atoms with Crippen LogP contribution in [0, 0.1) is 15.9 Å². The molecule has 92 valence electrons. The minimum atomic E-state index is -0.743. The van der Waals surface area contributed by atoms with Gasteiger partial charge in [-0.05, 0) is 17.5 Å². The number of nitro groups is 1. The Bertz CT molecular complexity index is 599. The summed E-state index contributed by atoms with van der Waals surface area (Å²) in [4.78, 5) is 21.0. The third kappa shape index (κ3) is 2.21. The van der Waals surface area contributed by atoms with E-state index in [1.807, 2.05) is 0 Å². The van der Waals surface area contributed by atoms with E-state index in [4.69, 9.17) is 0 Å². The third-order valence-corrected chi connectivity index (χ3v) is 3.19. The molecule has 2 aromatic rings. The van der Waals surface area contributed by atoms with Crippen LogP contribution in [0.25, 0.3) is 10.4 Å². The Morgan fingerprint density at radius 1 is 1.44 bits per heavy atom. The fourth-order valence-electron chi connectivity index (χ4n) is 1.51. The molecule has 0 unspecified atom stereocenters. The zero-order valence-electron chi connectivity index (χ0n) is 8.92. The maximum atomic E-state index is 13.8. The molecule has 0 aliphatic rings. The van der Waals surface area contributed by atoms with Gasteiger partial charge in [0.2, 0.25) is 6.41 Å². The molecule has 0 saturated carbocycles. The van der Waals surface area contributed by atoms with E-state index in [1.165, 1.54) is 17.4 Å². The summed E-state index contributed by atoms with van der Waals surface area (Å²) < 4.78 is 13.8. The van der Waals surface area contributed by atoms with Crippen LogP contribution in [0.4, 0.5) is 15.8 Å². The number of rotatable bonds is 4. The monoisotopic (exact) mass is 266 g/mol. The summed E-state index contributed by atoms with van der Waals surface area (Å²) in [5.41, 5.74) is -0.278. The molecule has 0 spiro atoms. The van der Waals surface area contributed by atoms with Crippen LogP contribution in [-0.2, 0) is 4.79 Å². The Hall–Kier alpha value is -2.28. The van der Waals surface area contributed by atoms with Crippen molar-refractivity contribution in [2.24, 2.45) is 0 Å². The molecule has 1 N–H and O–H groups in total. The Labute approximate surface area is 105 Å². The lowest BCUT2D eigenvalue weighted by atomic mass is 10.1. The summed E-state index contributed by atoms with van der Waals surface area (Å²) in [7, 11) is 0. The molecule has 0 saturated heterocycles. The highest BCUT2D eigenvalue weighted by molar-refractivity contribution is 7.13. The molecule has 0 radical (unpaired) electrons. The molecule has 0 aliphatic carbocycles. The lowest BCUT2D eigenvalue weighted by Crippen LogP contribution is -2.01. The average Bonchev–Trinajstić information content (AvgIpc) is 2.84. The lowest BCUT2D eigenvalue weighted by molar-refractivity contribution is -0.384. The van der Waals surface area contributed by atoms with Gasteiger partial charge in [-0.25, -0.2) is 4.39 Å². The highest BCUT2D eigenvalue weighted by Crippen LogP contribution is 2.34. The maximum absolute atomic E-state index is 13.8. The molecule has 1 aromatic carbocycles. The summed E-state index contributed by atoms with van der Waals surface area (Å²) in [6, 6.07) is 5.50. The molecule has 2 rings (SSSR count). The van der Waals surface area contributed by atoms with Crippen LogP contribution in [0.1, 0.15) is 0 Å². The number of hydrogen-bond acceptors (Lipinski definition) is 4. The molecule has 0 fully saturated rings. The molecule has 0 aliphatic heterocycles. The number of hydrogen-bond donors (Lipinski definition) is 1. The molecule has 0 atom stereocenters. The highest BCUT2D eigenvalue weighted by atomic mass is 32.1. The first kappa shape index (κ1) is 12.2. The van der Waals surface area contributed by atoms with Crippen LogP contribution in [-0.4, -0.2) is 11.3 Å². The Balaban J connectivity index is 2.60. The average molecular weight is 266 g/mol. The van der Waals surface area contributed by atoms with Crippen LogP contribution >= 0.6 is 11.3 Å². The Morgan fingerprint density at radius 2 is 2.22 bits per heavy atom. The van der Waals surface area contributed by atoms with E-state index < -0.39 is 16.4 Å². The molecule has 7 heteroatoms. The summed E-state index contributed by atoms with van der Waals surface area (Å²) in [5, 5.41) is 14.7. The molecule has 1 amide bonds. The first-order valence-corrected chi connectivity index (χ1v) is 5.73. The van der Waals surface area contributed by atoms with E-state index in [-0.39, 0.29) is 11.3 Å². The smallest absolute Gasteiger partial charge is 0.295 e. The van der Waals surface area contributed by atoms with Gasteiger partial charge in [0.05, 0.1) is 11.0 Å². The predicted octanol–water partition coefficient (Wildman–Crippen LogP) is 3.03. The number of anilines is 1. The molecular weight excluding hydrogens is 259 g/mol. The molecule has 18 heavy (non-hydrogen) atoms. The van der Waals surface area contributed by atoms with Gasteiger partial charge in [-0.15, -0.1) is 11.3 Å². The molecule has 1 heterocycles. The number of amides is 1. The maximum Gasteiger partial charge on any atom is 0.295 e. The van der Waals surface area contributed by atoms with E-state index in [0.29, 0.717) is 11.3 Å². The first-order valence-electron chi connectivity index (χ1n) is 4.85. The van der Waals surface area contributed by atoms with Gasteiger partial charge in [-0.1, -0.05) is 6.07 Å². The number of nitrogens with one attached hydrogen (secondary N) is 1. The number of thiophene rings is 1. The van der Waals surface area contributed by atoms with Crippen molar-refractivity contribution in [2.45, 2.75) is 0 Å². The normalized spacial score (nSPS) is 10.1. The van der Waals surface area contributed by atoms with Crippen molar-refractivity contribution in [1.29, 1.82) is 0 Å². The number of carbonyl (C=O) groups excluding carboxylic acids is 1. The number of carbonyl (C=O) groups is 1. The SMILES string of the molecule is O=CNc1cc(-c2cccs2)c(F)cc1[N+](=O)[O-]. The number of nitrogens with zero attached hydrogens (tertiary/aromatic N) is 1. The van der Waals surface area contributed by atoms with Crippen LogP contribution in [0.2, 0.25) is 0 Å². The highest BCUT2D eigenvalue weighted by Gasteiger charge is 2.19. The van der Waals surface area contributed by atoms with Gasteiger partial charge in [-0.2, -0.15) is 0 Å². The zero-order chi connectivity index (χ0) is 13.1. The van der Waals surface area contributed by atoms with Crippen LogP contribution in [0.3, 0.4) is 0 Å². The molecule has 1 aromatic heterocycles. The second-order valence-electron chi connectivity index (χ2n) is 3.35. The Kier molecular flexibility index (Phi) is 3.33. The van der Waals surface area contributed by atoms with Crippen molar-refractivity contribution in [3.63, 3.8) is 0 Å². The van der Waals surface area contributed by atoms with Crippen LogP contribution in [0.5, 0.6) is 0 Å². The van der Waals surface area contributed by atoms with E-state index in [0.717, 1.165) is 6.07 Å². The topological polar surface area (TPSA) is 72.2 Å². The van der Waals surface area contributed by atoms with E-state index >= 15 is 0 Å². The van der Waals surface area contributed by atoms with E-state index in [2.05, 4.69) is 5.32 Å². The second-order valence-corrected chi connectivity index (χ2v) is 4.29. The van der Waals surface area contributed by atoms with Gasteiger partial charge in [-0.3, -0.25) is 14.9 Å². The van der Waals surface area contributed by atoms with Crippen molar-refractivity contribution in [3.05, 3.63) is 45.6 Å². The summed E-state index contributed by atoms with van der Waals surface area (Å²) in [6.07, 6.45) is 0.318. The number of halogens is 1. The lowest BCUT2D eigenvalue weighted by Gasteiger charge is -2.05. The summed E-state index contributed by atoms with van der Waals surface area (Å²) in [6.45, 7) is 0. The van der Waals surface area contributed by atoms with Crippen LogP contribution < -0.4 is 5.32 Å². The standard InChI is InChI=1S/C11H7FN2O3S/c12-8-5-10(14(16)17)9(13-6-15)4-7(8)11-2-1-3-18-11/h1-6H,(H,13,15). The summed E-state index contributed by atoms with van der Waals surface area (Å²) >= 11 is 1.31. The van der Waals surface area contributed by atoms with Gasteiger partial charge in [0, 0.05) is 10.4 Å². The van der Waals surface area contributed by atoms with Crippen molar-refractivity contribution in [1.82, 2.24) is 0 Å². The fraction of sp³-hybridized carbons (Fsp3) is 0. The first-order chi connectivity index (χ1) is 8.63. The summed E-state index contributed by atoms with van der Waals surface area (Å²) in [5.74, 6) is -0.694. The Morgan fingerprint density at radius 3 is 2.78 bits per heavy atom. The largest absolute Gasteiger partial charge is 0.323 e. The second kappa shape index (κ2) is 4.92. The van der Waals surface area contributed by atoms with Crippen LogP contribution in [0.15, 0.2) is 29.6 Å². The number of nitro benzene ring substituents is 1. The van der Waals surface area contributed by atoms with E-state index in [9.17, 15) is 19.3 Å². The number of benzene rings is 1. The van der Waals surface area contributed by atoms with Gasteiger partial charge in [0.15, 0.2) is 0 Å². The van der Waals surface area contributed by atoms with Gasteiger partial charge < -0.3 is 5.32 Å². The zero-order valence-corrected chi connectivity index (χ0v) is 9.74. The minimum Gasteiger partial charge on any atom is -0.323 e. The third-order valence-electron chi connectivity index (χ3n) is 2.28. The van der Waals surface area contributed by atoms with Crippen molar-refractivity contribution < 1.29 is 14.1 Å². The van der Waals surface area contributed by atoms with E-state index in [1.54, 1.807) is 17.5 Å². The van der Waals surface area contributed by atoms with Crippen molar-refractivity contribution >= 4 is 29.1 Å². The van der Waals surface area contributed by atoms with Crippen molar-refractivity contribution in [2.75, 3.05) is 5.32 Å². The quantitative estimate of drug-likeness (QED) is 0.525. The van der Waals surface area contributed by atoms with Crippen molar-refractivity contribution in [3.8, 4) is 10.4 Å². The predicted molar refractivity (Wildman–Crippen MR) is 66.1 cm³/mol.